The second-order valence-electron chi connectivity index (χ2n) is 6.84. The van der Waals surface area contributed by atoms with E-state index < -0.39 is 11.9 Å². The van der Waals surface area contributed by atoms with Gasteiger partial charge >= 0.3 is 59.1 Å². The zero-order valence-electron chi connectivity index (χ0n) is 19.0. The first-order valence-corrected chi connectivity index (χ1v) is 10.1. The summed E-state index contributed by atoms with van der Waals surface area (Å²) < 4.78 is 0. The van der Waals surface area contributed by atoms with Gasteiger partial charge in [-0.25, -0.2) is 0 Å². The molecule has 2 aromatic rings. The van der Waals surface area contributed by atoms with E-state index in [0.717, 1.165) is 51.4 Å². The molecule has 0 aliphatic heterocycles. The van der Waals surface area contributed by atoms with Crippen LogP contribution in [0.2, 0.25) is 0 Å². The van der Waals surface area contributed by atoms with E-state index in [0.29, 0.717) is 0 Å². The minimum atomic E-state index is -0.940. The summed E-state index contributed by atoms with van der Waals surface area (Å²) in [5, 5.41) is 20.2. The van der Waals surface area contributed by atoms with Crippen LogP contribution in [-0.2, 0) is 22.4 Å². The average molecular weight is 446 g/mol. The molecule has 7 heteroatoms. The number of carbonyl (C=O) groups is 2. The van der Waals surface area contributed by atoms with Gasteiger partial charge in [0.05, 0.1) is 0 Å². The van der Waals surface area contributed by atoms with Crippen molar-refractivity contribution in [3.8, 4) is 0 Å². The molecule has 0 atom stereocenters. The fourth-order valence-corrected chi connectivity index (χ4v) is 2.84. The monoisotopic (exact) mass is 446 g/mol. The summed E-state index contributed by atoms with van der Waals surface area (Å²) in [4.78, 5) is 20.2. The van der Waals surface area contributed by atoms with Crippen molar-refractivity contribution in [2.75, 3.05) is 0 Å². The fraction of sp³-hybridized carbons (Fsp3) is 0.417. The third-order valence-corrected chi connectivity index (χ3v) is 4.38. The van der Waals surface area contributed by atoms with Crippen molar-refractivity contribution in [1.82, 2.24) is 0 Å². The average Bonchev–Trinajstić information content (AvgIpc) is 2.69. The zero-order valence-corrected chi connectivity index (χ0v) is 23.0. The molecule has 0 amide bonds. The van der Waals surface area contributed by atoms with Crippen molar-refractivity contribution in [1.29, 1.82) is 0 Å². The Hall–Kier alpha value is -0.660. The maximum absolute atomic E-state index is 10.1. The third-order valence-electron chi connectivity index (χ3n) is 4.38. The normalized spacial score (nSPS) is 9.03. The summed E-state index contributed by atoms with van der Waals surface area (Å²) in [5.41, 5.74) is 2.64. The molecule has 5 nitrogen and oxygen atoms in total. The Morgan fingerprint density at radius 2 is 0.871 bits per heavy atom. The number of hydrogen-bond acceptors (Lipinski definition) is 4. The minimum Gasteiger partial charge on any atom is -0.550 e. The molecule has 0 spiro atoms. The Morgan fingerprint density at radius 3 is 1.16 bits per heavy atom. The predicted octanol–water partition coefficient (Wildman–Crippen LogP) is -3.74. The summed E-state index contributed by atoms with van der Waals surface area (Å²) in [7, 11) is 0. The molecule has 0 aliphatic carbocycles. The van der Waals surface area contributed by atoms with E-state index in [4.69, 9.17) is 0 Å². The molecule has 0 saturated carbocycles. The van der Waals surface area contributed by atoms with Crippen LogP contribution in [-0.4, -0.2) is 17.4 Å². The topological polar surface area (TPSA) is 112 Å². The van der Waals surface area contributed by atoms with E-state index in [1.807, 2.05) is 36.4 Å². The van der Waals surface area contributed by atoms with Gasteiger partial charge in [0.25, 0.3) is 0 Å². The third kappa shape index (κ3) is 22.3. The van der Waals surface area contributed by atoms with Gasteiger partial charge in [-0.05, 0) is 62.5 Å². The van der Waals surface area contributed by atoms with E-state index >= 15 is 0 Å². The first kappa shape index (κ1) is 34.9. The number of aryl methyl sites for hydroxylation is 2. The Morgan fingerprint density at radius 1 is 0.548 bits per heavy atom. The summed E-state index contributed by atoms with van der Waals surface area (Å²) in [5.74, 6) is -1.88. The smallest absolute Gasteiger partial charge is 0.550 e. The molecule has 0 unspecified atom stereocenters. The van der Waals surface area contributed by atoms with Crippen LogP contribution < -0.4 is 69.3 Å². The van der Waals surface area contributed by atoms with Gasteiger partial charge in [0, 0.05) is 11.9 Å². The van der Waals surface area contributed by atoms with Crippen molar-refractivity contribution < 1.29 is 84.4 Å². The Labute approximate surface area is 230 Å². The first-order valence-electron chi connectivity index (χ1n) is 10.1. The molecule has 2 N–H and O–H groups in total. The Bertz CT molecular complexity index is 607. The minimum absolute atomic E-state index is 0. The molecule has 2 aromatic carbocycles. The fourth-order valence-electron chi connectivity index (χ4n) is 2.84. The van der Waals surface area contributed by atoms with Crippen LogP contribution in [0.15, 0.2) is 60.7 Å². The zero-order chi connectivity index (χ0) is 20.5. The van der Waals surface area contributed by atoms with E-state index in [1.54, 1.807) is 0 Å². The van der Waals surface area contributed by atoms with E-state index in [1.165, 1.54) is 11.1 Å². The van der Waals surface area contributed by atoms with Crippen LogP contribution in [0.5, 0.6) is 0 Å². The summed E-state index contributed by atoms with van der Waals surface area (Å²) in [6, 6.07) is 20.5. The van der Waals surface area contributed by atoms with Gasteiger partial charge in [-0.3, -0.25) is 0 Å². The number of unbranched alkanes of at least 4 members (excludes halogenated alkanes) is 4. The van der Waals surface area contributed by atoms with Crippen molar-refractivity contribution >= 4 is 11.9 Å². The van der Waals surface area contributed by atoms with E-state index in [2.05, 4.69) is 24.3 Å². The van der Waals surface area contributed by atoms with Gasteiger partial charge in [-0.1, -0.05) is 73.5 Å². The quantitative estimate of drug-likeness (QED) is 0.246. The molecule has 2 rings (SSSR count). The second kappa shape index (κ2) is 24.0. The van der Waals surface area contributed by atoms with Crippen LogP contribution in [0, 0.1) is 0 Å². The molecule has 0 aliphatic rings. The number of aliphatic carboxylic acids is 2. The predicted molar refractivity (Wildman–Crippen MR) is 111 cm³/mol. The Balaban J connectivity index is -0.000000461. The molecule has 31 heavy (non-hydrogen) atoms. The molecule has 0 bridgehead atoms. The van der Waals surface area contributed by atoms with Gasteiger partial charge < -0.3 is 25.3 Å². The molecule has 0 aromatic heterocycles. The van der Waals surface area contributed by atoms with Crippen LogP contribution in [0.3, 0.4) is 0 Å². The molecule has 0 fully saturated rings. The van der Waals surface area contributed by atoms with Crippen molar-refractivity contribution in [2.24, 2.45) is 0 Å². The largest absolute Gasteiger partial charge is 1.00 e. The van der Waals surface area contributed by atoms with Gasteiger partial charge in [-0.2, -0.15) is 0 Å². The van der Waals surface area contributed by atoms with E-state index in [9.17, 15) is 19.8 Å². The van der Waals surface area contributed by atoms with Gasteiger partial charge in [0.2, 0.25) is 0 Å². The maximum Gasteiger partial charge on any atom is 1.00 e. The summed E-state index contributed by atoms with van der Waals surface area (Å²) in [6.07, 6.45) is 7.94. The van der Waals surface area contributed by atoms with Crippen LogP contribution in [0.25, 0.3) is 0 Å². The van der Waals surface area contributed by atoms with Crippen molar-refractivity contribution in [3.05, 3.63) is 71.8 Å². The standard InChI is InChI=1S/2C12H16O2.2Na.H2O/c2*13-12(14)10-6-2-5-9-11-7-3-1-4-8-11;;;/h2*1,3-4,7-8H,2,5-6,9-10H2,(H,13,14);;;1H2/q;;2*+1;/p-2. The van der Waals surface area contributed by atoms with Gasteiger partial charge in [0.1, 0.15) is 0 Å². The SMILES string of the molecule is O.O=C([O-])CCCCCc1ccccc1.O=C([O-])CCCCCc1ccccc1.[Na+].[Na+]. The molecule has 160 valence electrons. The molecular weight excluding hydrogens is 414 g/mol. The number of carbonyl (C=O) groups excluding carboxylic acids is 2. The summed E-state index contributed by atoms with van der Waals surface area (Å²) >= 11 is 0. The number of benzene rings is 2. The molecular formula is C24H32Na2O5. The number of carboxylic acids is 2. The Kier molecular flexibility index (Phi) is 27.0. The van der Waals surface area contributed by atoms with Gasteiger partial charge in [0.15, 0.2) is 0 Å². The van der Waals surface area contributed by atoms with Crippen LogP contribution in [0.1, 0.15) is 62.5 Å². The van der Waals surface area contributed by atoms with E-state index in [-0.39, 0.29) is 77.4 Å². The van der Waals surface area contributed by atoms with Crippen LogP contribution in [0.4, 0.5) is 0 Å². The number of carboxylic acid groups (broad SMARTS) is 2. The van der Waals surface area contributed by atoms with Gasteiger partial charge in [-0.15, -0.1) is 0 Å². The number of rotatable bonds is 12. The summed E-state index contributed by atoms with van der Waals surface area (Å²) in [6.45, 7) is 0. The van der Waals surface area contributed by atoms with Crippen LogP contribution >= 0.6 is 0 Å². The molecule has 0 saturated heterocycles. The number of hydrogen-bond donors (Lipinski definition) is 0. The first-order chi connectivity index (χ1) is 13.6. The van der Waals surface area contributed by atoms with Crippen molar-refractivity contribution in [3.63, 3.8) is 0 Å². The molecule has 0 heterocycles. The van der Waals surface area contributed by atoms with Crippen molar-refractivity contribution in [2.45, 2.75) is 64.2 Å². The maximum atomic E-state index is 10.1. The second-order valence-corrected chi connectivity index (χ2v) is 6.84. The molecule has 0 radical (unpaired) electrons.